The molecule has 14 nitrogen and oxygen atoms in total. The predicted octanol–water partition coefficient (Wildman–Crippen LogP) is 6.90. The van der Waals surface area contributed by atoms with Gasteiger partial charge in [0.2, 0.25) is 11.8 Å². The minimum absolute atomic E-state index is 0.0481. The zero-order valence-corrected chi connectivity index (χ0v) is 38.1. The molecule has 0 spiro atoms. The number of anilines is 1. The van der Waals surface area contributed by atoms with Crippen molar-refractivity contribution >= 4 is 55.9 Å². The number of likely N-dealkylation sites (tertiary alicyclic amines) is 1. The zero-order chi connectivity index (χ0) is 45.7. The molecule has 2 aromatic heterocycles. The fourth-order valence-corrected chi connectivity index (χ4v) is 9.25. The van der Waals surface area contributed by atoms with Crippen molar-refractivity contribution in [2.75, 3.05) is 33.1 Å². The van der Waals surface area contributed by atoms with Gasteiger partial charge in [-0.2, -0.15) is 25.9 Å². The van der Waals surface area contributed by atoms with E-state index < -0.39 is 74.7 Å². The number of aromatic nitrogens is 2. The molecule has 336 valence electrons. The van der Waals surface area contributed by atoms with Crippen LogP contribution in [-0.2, 0) is 30.8 Å². The molecule has 2 fully saturated rings. The number of nitrogens with zero attached hydrogens (tertiary/aromatic N) is 4. The van der Waals surface area contributed by atoms with Gasteiger partial charge in [0, 0.05) is 48.6 Å². The first-order valence-electron chi connectivity index (χ1n) is 20.3. The number of aryl methyl sites for hydroxylation is 1. The standard InChI is InChI=1S/C43H54F3N7O7S2/c1-11-25-20-42(25,40(56)51-62(57,58)52(8)9)50-37(54)32-18-28(21-53(32)39(55)36(41(5,6)7)47-27-14-12-13-26(17-27)43(44,45)46)60-34-19-30(38-49-31(22-61-38)23(2)3)48-35-24(4)33(59-10)16-15-29(34)35/h12-17,19,22-23,25,28,32,36,47H,11,18,20-21H2,1-10H3,(H,50,54)(H,51,56)/t25-,28-,32+,36-,42-/m1/s1. The Kier molecular flexibility index (Phi) is 13.0. The summed E-state index contributed by atoms with van der Waals surface area (Å²) in [6.07, 6.45) is -4.89. The second kappa shape index (κ2) is 17.3. The van der Waals surface area contributed by atoms with Crippen LogP contribution >= 0.6 is 11.3 Å². The van der Waals surface area contributed by atoms with Gasteiger partial charge in [-0.25, -0.2) is 14.7 Å². The minimum Gasteiger partial charge on any atom is -0.496 e. The lowest BCUT2D eigenvalue weighted by atomic mass is 9.85. The van der Waals surface area contributed by atoms with Crippen LogP contribution in [0.5, 0.6) is 11.5 Å². The third-order valence-electron chi connectivity index (χ3n) is 11.5. The van der Waals surface area contributed by atoms with Gasteiger partial charge in [-0.1, -0.05) is 54.0 Å². The van der Waals surface area contributed by atoms with Crippen LogP contribution in [0, 0.1) is 18.3 Å². The SMILES string of the molecule is CC[C@@H]1C[C@]1(NC(=O)[C@@H]1C[C@@H](Oc2cc(-c3nc(C(C)C)cs3)nc3c(C)c(OC)ccc23)CN1C(=O)[C@@H](Nc1cccc(C(F)(F)F)c1)C(C)(C)C)C(=O)NS(=O)(=O)N(C)C. The smallest absolute Gasteiger partial charge is 0.416 e. The topological polar surface area (TPSA) is 172 Å². The molecule has 0 radical (unpaired) electrons. The Morgan fingerprint density at radius 1 is 1.06 bits per heavy atom. The average Bonchev–Trinajstić information content (AvgIpc) is 3.47. The van der Waals surface area contributed by atoms with E-state index in [0.29, 0.717) is 39.5 Å². The highest BCUT2D eigenvalue weighted by Gasteiger charge is 2.62. The molecule has 3 N–H and O–H groups in total. The van der Waals surface area contributed by atoms with Crippen LogP contribution in [0.2, 0.25) is 0 Å². The summed E-state index contributed by atoms with van der Waals surface area (Å²) in [6.45, 7) is 12.9. The molecular weight excluding hydrogens is 848 g/mol. The van der Waals surface area contributed by atoms with Gasteiger partial charge in [0.25, 0.3) is 5.91 Å². The summed E-state index contributed by atoms with van der Waals surface area (Å²) < 4.78 is 82.0. The highest BCUT2D eigenvalue weighted by molar-refractivity contribution is 7.87. The van der Waals surface area contributed by atoms with Crippen molar-refractivity contribution in [2.24, 2.45) is 11.3 Å². The molecule has 1 saturated heterocycles. The Bertz CT molecular complexity index is 2470. The van der Waals surface area contributed by atoms with Crippen LogP contribution in [0.4, 0.5) is 18.9 Å². The van der Waals surface area contributed by atoms with E-state index in [1.165, 1.54) is 42.5 Å². The van der Waals surface area contributed by atoms with Crippen LogP contribution in [0.15, 0.2) is 47.8 Å². The van der Waals surface area contributed by atoms with Crippen LogP contribution in [0.25, 0.3) is 21.6 Å². The van der Waals surface area contributed by atoms with Gasteiger partial charge in [0.05, 0.1) is 30.4 Å². The average molecular weight is 902 g/mol. The summed E-state index contributed by atoms with van der Waals surface area (Å²) in [5, 5.41) is 9.11. The molecular formula is C43H54F3N7O7S2. The number of benzene rings is 2. The molecule has 1 aliphatic heterocycles. The van der Waals surface area contributed by atoms with Gasteiger partial charge in [0.15, 0.2) is 0 Å². The third-order valence-corrected chi connectivity index (χ3v) is 13.8. The third kappa shape index (κ3) is 9.49. The van der Waals surface area contributed by atoms with Crippen molar-refractivity contribution in [1.29, 1.82) is 0 Å². The molecule has 3 heterocycles. The highest BCUT2D eigenvalue weighted by Crippen LogP contribution is 2.47. The summed E-state index contributed by atoms with van der Waals surface area (Å²) in [5.74, 6) is -1.42. The lowest BCUT2D eigenvalue weighted by Crippen LogP contribution is -2.59. The number of carbonyl (C=O) groups excluding carboxylic acids is 3. The van der Waals surface area contributed by atoms with Crippen LogP contribution in [-0.4, -0.2) is 96.8 Å². The first-order valence-corrected chi connectivity index (χ1v) is 22.6. The number of amides is 3. The van der Waals surface area contributed by atoms with Crippen molar-refractivity contribution < 1.29 is 45.4 Å². The predicted molar refractivity (Wildman–Crippen MR) is 231 cm³/mol. The maximum absolute atomic E-state index is 14.9. The number of carbonyl (C=O) groups is 3. The summed E-state index contributed by atoms with van der Waals surface area (Å²) in [7, 11) is -0.127. The van der Waals surface area contributed by atoms with Crippen molar-refractivity contribution in [3.63, 3.8) is 0 Å². The number of rotatable bonds is 14. The van der Waals surface area contributed by atoms with E-state index >= 15 is 0 Å². The van der Waals surface area contributed by atoms with Gasteiger partial charge < -0.3 is 25.0 Å². The van der Waals surface area contributed by atoms with Crippen molar-refractivity contribution in [3.8, 4) is 22.2 Å². The quantitative estimate of drug-likeness (QED) is 0.121. The number of methoxy groups -OCH3 is 1. The zero-order valence-electron chi connectivity index (χ0n) is 36.4. The van der Waals surface area contributed by atoms with Gasteiger partial charge >= 0.3 is 16.4 Å². The van der Waals surface area contributed by atoms with Crippen molar-refractivity contribution in [3.05, 3.63) is 64.7 Å². The van der Waals surface area contributed by atoms with Gasteiger partial charge in [-0.3, -0.25) is 14.4 Å². The first kappa shape index (κ1) is 46.5. The number of ether oxygens (including phenoxy) is 2. The normalized spacial score (nSPS) is 21.0. The van der Waals surface area contributed by atoms with E-state index in [0.717, 1.165) is 27.7 Å². The molecule has 4 aromatic rings. The molecule has 3 amide bonds. The molecule has 5 atom stereocenters. The molecule has 62 heavy (non-hydrogen) atoms. The van der Waals surface area contributed by atoms with Gasteiger partial charge in [-0.05, 0) is 60.9 Å². The summed E-state index contributed by atoms with van der Waals surface area (Å²) >= 11 is 1.44. The second-order valence-electron chi connectivity index (χ2n) is 17.5. The number of halogens is 3. The molecule has 2 aliphatic rings. The molecule has 19 heteroatoms. The Morgan fingerprint density at radius 3 is 2.35 bits per heavy atom. The molecule has 6 rings (SSSR count). The van der Waals surface area contributed by atoms with Crippen LogP contribution in [0.1, 0.15) is 83.5 Å². The summed E-state index contributed by atoms with van der Waals surface area (Å²) in [4.78, 5) is 54.3. The second-order valence-corrected chi connectivity index (χ2v) is 20.3. The maximum Gasteiger partial charge on any atom is 0.416 e. The Labute approximate surface area is 364 Å². The number of fused-ring (bicyclic) bond motifs is 1. The van der Waals surface area contributed by atoms with Crippen LogP contribution < -0.4 is 24.8 Å². The monoisotopic (exact) mass is 901 g/mol. The van der Waals surface area contributed by atoms with Gasteiger partial charge in [-0.15, -0.1) is 11.3 Å². The van der Waals surface area contributed by atoms with E-state index in [1.807, 2.05) is 39.1 Å². The first-order chi connectivity index (χ1) is 28.9. The minimum atomic E-state index is -4.63. The molecule has 0 unspecified atom stereocenters. The fraction of sp³-hybridized carbons (Fsp3) is 0.512. The number of pyridine rings is 1. The Balaban J connectivity index is 1.40. The number of alkyl halides is 3. The lowest BCUT2D eigenvalue weighted by molar-refractivity contribution is -0.141. The Morgan fingerprint density at radius 2 is 1.77 bits per heavy atom. The van der Waals surface area contributed by atoms with Crippen molar-refractivity contribution in [1.82, 2.24) is 29.2 Å². The summed E-state index contributed by atoms with van der Waals surface area (Å²) in [6, 6.07) is 7.52. The molecule has 2 aromatic carbocycles. The van der Waals surface area contributed by atoms with E-state index in [4.69, 9.17) is 19.4 Å². The van der Waals surface area contributed by atoms with E-state index in [9.17, 15) is 36.0 Å². The van der Waals surface area contributed by atoms with E-state index in [2.05, 4.69) is 15.4 Å². The largest absolute Gasteiger partial charge is 0.496 e. The molecule has 1 aliphatic carbocycles. The Hall–Kier alpha value is -5.01. The van der Waals surface area contributed by atoms with E-state index in [1.54, 1.807) is 40.0 Å². The number of hydrogen-bond donors (Lipinski definition) is 3. The van der Waals surface area contributed by atoms with Gasteiger partial charge in [0.1, 0.15) is 45.9 Å². The summed E-state index contributed by atoms with van der Waals surface area (Å²) in [5.41, 5.74) is -0.540. The number of hydrogen-bond acceptors (Lipinski definition) is 11. The molecule has 0 bridgehead atoms. The van der Waals surface area contributed by atoms with Crippen LogP contribution in [0.3, 0.4) is 0 Å². The van der Waals surface area contributed by atoms with Crippen molar-refractivity contribution in [2.45, 2.75) is 104 Å². The lowest BCUT2D eigenvalue weighted by Gasteiger charge is -2.36. The number of nitrogens with one attached hydrogen (secondary N) is 3. The maximum atomic E-state index is 14.9. The molecule has 1 saturated carbocycles. The number of thiazole rings is 1. The highest BCUT2D eigenvalue weighted by atomic mass is 32.2. The fourth-order valence-electron chi connectivity index (χ4n) is 7.71. The van der Waals surface area contributed by atoms with E-state index in [-0.39, 0.29) is 31.0 Å².